The van der Waals surface area contributed by atoms with Gasteiger partial charge in [-0.25, -0.2) is 0 Å². The third-order valence-electron chi connectivity index (χ3n) is 3.74. The number of hydrogen-bond donors (Lipinski definition) is 4. The zero-order valence-electron chi connectivity index (χ0n) is 13.9. The molecular formula is C16H13N3O7S2. The first-order chi connectivity index (χ1) is 13.0. The molecule has 28 heavy (non-hydrogen) atoms. The molecule has 0 heterocycles. The summed E-state index contributed by atoms with van der Waals surface area (Å²) in [5, 5.41) is 18.3. The molecule has 0 aliphatic rings. The number of aromatic hydroxyl groups is 1. The number of rotatable bonds is 4. The molecule has 0 radical (unpaired) electrons. The quantitative estimate of drug-likeness (QED) is 0.281. The molecular weight excluding hydrogens is 410 g/mol. The van der Waals surface area contributed by atoms with Gasteiger partial charge in [-0.1, -0.05) is 12.1 Å². The first-order valence-corrected chi connectivity index (χ1v) is 10.4. The fourth-order valence-electron chi connectivity index (χ4n) is 2.47. The summed E-state index contributed by atoms with van der Waals surface area (Å²) in [6, 6.07) is 10.1. The molecule has 12 heteroatoms. The molecule has 0 saturated heterocycles. The highest BCUT2D eigenvalue weighted by Crippen LogP contribution is 2.41. The minimum atomic E-state index is -4.77. The lowest BCUT2D eigenvalue weighted by Crippen LogP contribution is -1.99. The second-order valence-electron chi connectivity index (χ2n) is 5.70. The van der Waals surface area contributed by atoms with Crippen LogP contribution in [0.25, 0.3) is 10.8 Å². The first kappa shape index (κ1) is 19.7. The van der Waals surface area contributed by atoms with Crippen LogP contribution in [-0.2, 0) is 20.2 Å². The monoisotopic (exact) mass is 423 g/mol. The van der Waals surface area contributed by atoms with Crippen molar-refractivity contribution in [2.75, 3.05) is 5.73 Å². The van der Waals surface area contributed by atoms with Crippen molar-refractivity contribution in [1.29, 1.82) is 0 Å². The van der Waals surface area contributed by atoms with Crippen LogP contribution in [0.2, 0.25) is 0 Å². The van der Waals surface area contributed by atoms with E-state index >= 15 is 0 Å². The van der Waals surface area contributed by atoms with Gasteiger partial charge in [0.1, 0.15) is 10.6 Å². The molecule has 3 aromatic rings. The highest BCUT2D eigenvalue weighted by Gasteiger charge is 2.22. The Labute approximate surface area is 159 Å². The lowest BCUT2D eigenvalue weighted by molar-refractivity contribution is 0.472. The lowest BCUT2D eigenvalue weighted by Gasteiger charge is -2.09. The minimum absolute atomic E-state index is 0.0523. The fourth-order valence-corrected chi connectivity index (χ4v) is 3.64. The van der Waals surface area contributed by atoms with Crippen LogP contribution in [0.1, 0.15) is 0 Å². The molecule has 0 aliphatic carbocycles. The minimum Gasteiger partial charge on any atom is -0.505 e. The Morgan fingerprint density at radius 2 is 1.57 bits per heavy atom. The largest absolute Gasteiger partial charge is 0.505 e. The molecule has 10 nitrogen and oxygen atoms in total. The molecule has 0 amide bonds. The standard InChI is InChI=1S/C16H13N3O7S2/c17-10-5-4-9-6-14(28(24,25)26)15(16(20)13(9)7-10)19-18-11-2-1-3-12(8-11)27(21,22)23/h1-8,20H,17H2,(H,21,22,23)(H,24,25,26). The van der Waals surface area contributed by atoms with Gasteiger partial charge in [-0.2, -0.15) is 21.9 Å². The van der Waals surface area contributed by atoms with E-state index in [1.165, 1.54) is 30.3 Å². The van der Waals surface area contributed by atoms with E-state index in [0.717, 1.165) is 18.2 Å². The van der Waals surface area contributed by atoms with Crippen LogP contribution in [-0.4, -0.2) is 31.0 Å². The first-order valence-electron chi connectivity index (χ1n) is 7.49. The zero-order valence-corrected chi connectivity index (χ0v) is 15.5. The van der Waals surface area contributed by atoms with Crippen molar-refractivity contribution in [2.45, 2.75) is 9.79 Å². The summed E-state index contributed by atoms with van der Waals surface area (Å²) >= 11 is 0. The van der Waals surface area contributed by atoms with E-state index in [2.05, 4.69) is 10.2 Å². The van der Waals surface area contributed by atoms with Gasteiger partial charge in [0.2, 0.25) is 0 Å². The number of phenolic OH excluding ortho intramolecular Hbond substituents is 1. The van der Waals surface area contributed by atoms with Gasteiger partial charge in [0.15, 0.2) is 5.75 Å². The summed E-state index contributed by atoms with van der Waals surface area (Å²) in [4.78, 5) is -1.15. The number of nitrogens with zero attached hydrogens (tertiary/aromatic N) is 2. The van der Waals surface area contributed by atoms with Crippen molar-refractivity contribution in [2.24, 2.45) is 10.2 Å². The van der Waals surface area contributed by atoms with Gasteiger partial charge in [0, 0.05) is 11.1 Å². The summed E-state index contributed by atoms with van der Waals surface area (Å²) in [5.74, 6) is -0.591. The number of anilines is 1. The molecule has 0 spiro atoms. The van der Waals surface area contributed by atoms with Gasteiger partial charge >= 0.3 is 0 Å². The van der Waals surface area contributed by atoms with Crippen molar-refractivity contribution in [1.82, 2.24) is 0 Å². The Morgan fingerprint density at radius 1 is 0.857 bits per heavy atom. The summed E-state index contributed by atoms with van der Waals surface area (Å²) in [5.41, 5.74) is 5.36. The molecule has 0 aromatic heterocycles. The van der Waals surface area contributed by atoms with E-state index < -0.39 is 41.5 Å². The number of fused-ring (bicyclic) bond motifs is 1. The molecule has 0 bridgehead atoms. The second-order valence-corrected chi connectivity index (χ2v) is 8.51. The Morgan fingerprint density at radius 3 is 2.21 bits per heavy atom. The zero-order chi connectivity index (χ0) is 20.7. The number of hydrogen-bond acceptors (Lipinski definition) is 8. The van der Waals surface area contributed by atoms with E-state index in [9.17, 15) is 26.5 Å². The summed E-state index contributed by atoms with van der Waals surface area (Å²) in [6.45, 7) is 0. The van der Waals surface area contributed by atoms with Gasteiger partial charge < -0.3 is 10.8 Å². The van der Waals surface area contributed by atoms with E-state index in [0.29, 0.717) is 5.69 Å². The number of nitrogen functional groups attached to an aromatic ring is 1. The Kier molecular flexibility index (Phi) is 4.81. The number of phenols is 1. The number of azo groups is 1. The summed E-state index contributed by atoms with van der Waals surface area (Å²) in [7, 11) is -9.26. The topological polar surface area (TPSA) is 180 Å². The normalized spacial score (nSPS) is 12.6. The van der Waals surface area contributed by atoms with E-state index in [1.54, 1.807) is 0 Å². The van der Waals surface area contributed by atoms with Gasteiger partial charge in [-0.15, -0.1) is 5.11 Å². The van der Waals surface area contributed by atoms with Crippen molar-refractivity contribution in [3.8, 4) is 5.75 Å². The Bertz CT molecular complexity index is 1330. The highest BCUT2D eigenvalue weighted by atomic mass is 32.2. The molecule has 0 saturated carbocycles. The highest BCUT2D eigenvalue weighted by molar-refractivity contribution is 7.86. The maximum atomic E-state index is 11.7. The van der Waals surface area contributed by atoms with Gasteiger partial charge in [0.25, 0.3) is 20.2 Å². The predicted molar refractivity (Wildman–Crippen MR) is 100 cm³/mol. The van der Waals surface area contributed by atoms with Crippen LogP contribution in [0.3, 0.4) is 0 Å². The maximum Gasteiger partial charge on any atom is 0.296 e. The number of nitrogens with two attached hydrogens (primary N) is 1. The average molecular weight is 423 g/mol. The average Bonchev–Trinajstić information content (AvgIpc) is 2.60. The van der Waals surface area contributed by atoms with Crippen LogP contribution in [0.4, 0.5) is 17.1 Å². The van der Waals surface area contributed by atoms with E-state index in [-0.39, 0.29) is 16.5 Å². The lowest BCUT2D eigenvalue weighted by atomic mass is 10.1. The Hall–Kier alpha value is -3.06. The smallest absolute Gasteiger partial charge is 0.296 e. The van der Waals surface area contributed by atoms with Gasteiger partial charge in [-0.05, 0) is 41.8 Å². The summed E-state index contributed by atoms with van der Waals surface area (Å²) in [6.07, 6.45) is 0. The molecule has 3 rings (SSSR count). The van der Waals surface area contributed by atoms with Crippen LogP contribution in [0.5, 0.6) is 5.75 Å². The van der Waals surface area contributed by atoms with Crippen LogP contribution in [0.15, 0.2) is 68.6 Å². The van der Waals surface area contributed by atoms with Crippen LogP contribution in [0, 0.1) is 0 Å². The maximum absolute atomic E-state index is 11.7. The fraction of sp³-hybridized carbons (Fsp3) is 0. The van der Waals surface area contributed by atoms with Crippen LogP contribution < -0.4 is 5.73 Å². The molecule has 0 atom stereocenters. The third kappa shape index (κ3) is 3.94. The SMILES string of the molecule is Nc1ccc2cc(S(=O)(=O)O)c(N=Nc3cccc(S(=O)(=O)O)c3)c(O)c2c1. The molecule has 0 unspecified atom stereocenters. The van der Waals surface area contributed by atoms with Crippen molar-refractivity contribution < 1.29 is 31.0 Å². The molecule has 0 aliphatic heterocycles. The van der Waals surface area contributed by atoms with Crippen molar-refractivity contribution in [3.63, 3.8) is 0 Å². The van der Waals surface area contributed by atoms with Gasteiger partial charge in [0.05, 0.1) is 10.6 Å². The molecule has 146 valence electrons. The van der Waals surface area contributed by atoms with Crippen molar-refractivity contribution >= 4 is 48.1 Å². The van der Waals surface area contributed by atoms with E-state index in [4.69, 9.17) is 10.3 Å². The Balaban J connectivity index is 2.22. The van der Waals surface area contributed by atoms with Crippen LogP contribution >= 0.6 is 0 Å². The molecule has 5 N–H and O–H groups in total. The van der Waals surface area contributed by atoms with Crippen molar-refractivity contribution in [3.05, 3.63) is 48.5 Å². The number of benzene rings is 3. The van der Waals surface area contributed by atoms with Gasteiger partial charge in [-0.3, -0.25) is 9.11 Å². The molecule has 0 fully saturated rings. The van der Waals surface area contributed by atoms with E-state index in [1.807, 2.05) is 0 Å². The second kappa shape index (κ2) is 6.83. The summed E-state index contributed by atoms with van der Waals surface area (Å²) < 4.78 is 64.4. The predicted octanol–water partition coefficient (Wildman–Crippen LogP) is 3.04. The third-order valence-corrected chi connectivity index (χ3v) is 5.45. The molecule has 3 aromatic carbocycles.